The first-order valence-corrected chi connectivity index (χ1v) is 10.9. The second-order valence-corrected chi connectivity index (χ2v) is 9.01. The van der Waals surface area contributed by atoms with Crippen LogP contribution >= 0.6 is 23.2 Å². The fraction of sp³-hybridized carbons (Fsp3) is 0.417. The van der Waals surface area contributed by atoms with Crippen molar-refractivity contribution < 1.29 is 9.59 Å². The van der Waals surface area contributed by atoms with Gasteiger partial charge < -0.3 is 10.2 Å². The van der Waals surface area contributed by atoms with E-state index in [4.69, 9.17) is 23.2 Å². The van der Waals surface area contributed by atoms with Gasteiger partial charge in [0.2, 0.25) is 11.8 Å². The summed E-state index contributed by atoms with van der Waals surface area (Å²) in [4.78, 5) is 27.6. The van der Waals surface area contributed by atoms with Gasteiger partial charge in [-0.2, -0.15) is 0 Å². The van der Waals surface area contributed by atoms with Gasteiger partial charge in [0.15, 0.2) is 0 Å². The lowest BCUT2D eigenvalue weighted by Gasteiger charge is -2.29. The molecule has 0 saturated heterocycles. The number of hydrogen-bond acceptors (Lipinski definition) is 2. The van der Waals surface area contributed by atoms with E-state index in [1.54, 1.807) is 30.0 Å². The number of halogens is 2. The van der Waals surface area contributed by atoms with Gasteiger partial charge in [-0.3, -0.25) is 9.59 Å². The summed E-state index contributed by atoms with van der Waals surface area (Å²) >= 11 is 12.3. The van der Waals surface area contributed by atoms with Crippen molar-refractivity contribution in [2.75, 3.05) is 6.54 Å². The average Bonchev–Trinajstić information content (AvgIpc) is 2.67. The first-order valence-electron chi connectivity index (χ1n) is 10.2. The van der Waals surface area contributed by atoms with Gasteiger partial charge in [-0.05, 0) is 61.1 Å². The van der Waals surface area contributed by atoms with E-state index in [2.05, 4.69) is 5.32 Å². The molecule has 4 nitrogen and oxygen atoms in total. The summed E-state index contributed by atoms with van der Waals surface area (Å²) in [6.45, 7) is 10.7. The topological polar surface area (TPSA) is 49.4 Å². The molecule has 0 aliphatic heterocycles. The van der Waals surface area contributed by atoms with Gasteiger partial charge in [0.05, 0.1) is 6.42 Å². The maximum absolute atomic E-state index is 13.3. The predicted molar refractivity (Wildman–Crippen MR) is 124 cm³/mol. The molecule has 30 heavy (non-hydrogen) atoms. The molecule has 6 heteroatoms. The lowest BCUT2D eigenvalue weighted by Crippen LogP contribution is -2.48. The highest BCUT2D eigenvalue weighted by Gasteiger charge is 2.27. The Morgan fingerprint density at radius 3 is 2.30 bits per heavy atom. The second kappa shape index (κ2) is 10.8. The van der Waals surface area contributed by atoms with Gasteiger partial charge in [0.25, 0.3) is 0 Å². The van der Waals surface area contributed by atoms with Crippen LogP contribution in [0.25, 0.3) is 0 Å². The average molecular weight is 449 g/mol. The van der Waals surface area contributed by atoms with Gasteiger partial charge in [0.1, 0.15) is 6.04 Å². The third-order valence-electron chi connectivity index (χ3n) is 5.13. The molecule has 0 saturated carbocycles. The zero-order chi connectivity index (χ0) is 22.4. The summed E-state index contributed by atoms with van der Waals surface area (Å²) in [7, 11) is 0. The van der Waals surface area contributed by atoms with E-state index in [-0.39, 0.29) is 24.8 Å². The molecule has 2 rings (SSSR count). The van der Waals surface area contributed by atoms with Crippen molar-refractivity contribution in [2.45, 2.75) is 53.6 Å². The minimum absolute atomic E-state index is 0.128. The van der Waals surface area contributed by atoms with Crippen LogP contribution in [0.15, 0.2) is 36.4 Å². The van der Waals surface area contributed by atoms with E-state index in [1.807, 2.05) is 45.9 Å². The van der Waals surface area contributed by atoms with Crippen molar-refractivity contribution in [3.05, 3.63) is 68.7 Å². The summed E-state index contributed by atoms with van der Waals surface area (Å²) in [5.41, 5.74) is 3.98. The van der Waals surface area contributed by atoms with Gasteiger partial charge >= 0.3 is 0 Å². The molecular weight excluding hydrogens is 419 g/mol. The molecular formula is C24H30Cl2N2O2. The molecule has 0 heterocycles. The first kappa shape index (κ1) is 24.2. The molecule has 1 unspecified atom stereocenters. The molecule has 1 N–H and O–H groups in total. The van der Waals surface area contributed by atoms with Crippen LogP contribution in [0.1, 0.15) is 43.0 Å². The normalized spacial score (nSPS) is 12.0. The number of aryl methyl sites for hydroxylation is 2. The Morgan fingerprint density at radius 1 is 1.00 bits per heavy atom. The lowest BCUT2D eigenvalue weighted by atomic mass is 10.0. The van der Waals surface area contributed by atoms with Crippen LogP contribution in [-0.4, -0.2) is 29.3 Å². The molecule has 2 aromatic rings. The number of carbonyl (C=O) groups excluding carboxylic acids is 2. The standard InChI is InChI=1S/C24H30Cl2N2O2/c1-15(2)13-27-24(30)18(5)28(14-20-8-9-21(25)12-22(20)26)23(29)11-19-7-6-16(3)17(4)10-19/h6-10,12,15,18H,11,13-14H2,1-5H3,(H,27,30). The van der Waals surface area contributed by atoms with Gasteiger partial charge in [-0.1, -0.05) is 61.3 Å². The molecule has 1 atom stereocenters. The number of rotatable bonds is 8. The van der Waals surface area contributed by atoms with Crippen molar-refractivity contribution in [3.8, 4) is 0 Å². The molecule has 0 spiro atoms. The smallest absolute Gasteiger partial charge is 0.242 e. The zero-order valence-electron chi connectivity index (χ0n) is 18.3. The quantitative estimate of drug-likeness (QED) is 0.591. The Morgan fingerprint density at radius 2 is 1.70 bits per heavy atom. The highest BCUT2D eigenvalue weighted by Crippen LogP contribution is 2.24. The predicted octanol–water partition coefficient (Wildman–Crippen LogP) is 5.34. The third-order valence-corrected chi connectivity index (χ3v) is 5.72. The highest BCUT2D eigenvalue weighted by molar-refractivity contribution is 6.35. The Bertz CT molecular complexity index is 912. The van der Waals surface area contributed by atoms with Crippen LogP contribution in [0.3, 0.4) is 0 Å². The zero-order valence-corrected chi connectivity index (χ0v) is 19.8. The van der Waals surface area contributed by atoms with E-state index >= 15 is 0 Å². The highest BCUT2D eigenvalue weighted by atomic mass is 35.5. The van der Waals surface area contributed by atoms with Crippen LogP contribution in [0.4, 0.5) is 0 Å². The van der Waals surface area contributed by atoms with Crippen molar-refractivity contribution in [2.24, 2.45) is 5.92 Å². The Balaban J connectivity index is 2.27. The summed E-state index contributed by atoms with van der Waals surface area (Å²) in [6, 6.07) is 10.5. The molecule has 0 aliphatic carbocycles. The maximum atomic E-state index is 13.3. The molecule has 0 fully saturated rings. The summed E-state index contributed by atoms with van der Waals surface area (Å²) in [6.07, 6.45) is 0.216. The monoisotopic (exact) mass is 448 g/mol. The number of carbonyl (C=O) groups is 2. The summed E-state index contributed by atoms with van der Waals surface area (Å²) < 4.78 is 0. The van der Waals surface area contributed by atoms with Crippen molar-refractivity contribution in [3.63, 3.8) is 0 Å². The van der Waals surface area contributed by atoms with Crippen LogP contribution in [-0.2, 0) is 22.6 Å². The Hall–Kier alpha value is -2.04. The van der Waals surface area contributed by atoms with Crippen molar-refractivity contribution in [1.82, 2.24) is 10.2 Å². The maximum Gasteiger partial charge on any atom is 0.242 e. The molecule has 0 radical (unpaired) electrons. The Kier molecular flexibility index (Phi) is 8.75. The largest absolute Gasteiger partial charge is 0.354 e. The minimum atomic E-state index is -0.630. The van der Waals surface area contributed by atoms with Crippen molar-refractivity contribution in [1.29, 1.82) is 0 Å². The number of nitrogens with zero attached hydrogens (tertiary/aromatic N) is 1. The van der Waals surface area contributed by atoms with Crippen LogP contribution in [0, 0.1) is 19.8 Å². The van der Waals surface area contributed by atoms with Gasteiger partial charge in [-0.25, -0.2) is 0 Å². The van der Waals surface area contributed by atoms with Gasteiger partial charge in [0, 0.05) is 23.1 Å². The first-order chi connectivity index (χ1) is 14.1. The van der Waals surface area contributed by atoms with Crippen LogP contribution < -0.4 is 5.32 Å². The van der Waals surface area contributed by atoms with Crippen LogP contribution in [0.2, 0.25) is 10.0 Å². The van der Waals surface area contributed by atoms with E-state index in [9.17, 15) is 9.59 Å². The van der Waals surface area contributed by atoms with E-state index in [1.165, 1.54) is 5.56 Å². The number of hydrogen-bond donors (Lipinski definition) is 1. The summed E-state index contributed by atoms with van der Waals surface area (Å²) in [5.74, 6) is 0.0187. The molecule has 0 aromatic heterocycles. The lowest BCUT2D eigenvalue weighted by molar-refractivity contribution is -0.140. The molecule has 162 valence electrons. The van der Waals surface area contributed by atoms with E-state index < -0.39 is 6.04 Å². The Labute approximate surface area is 189 Å². The third kappa shape index (κ3) is 6.75. The molecule has 0 bridgehead atoms. The second-order valence-electron chi connectivity index (χ2n) is 8.17. The minimum Gasteiger partial charge on any atom is -0.354 e. The fourth-order valence-electron chi connectivity index (χ4n) is 3.06. The molecule has 0 aliphatic rings. The fourth-order valence-corrected chi connectivity index (χ4v) is 3.53. The molecule has 2 amide bonds. The van der Waals surface area contributed by atoms with Gasteiger partial charge in [-0.15, -0.1) is 0 Å². The molecule has 2 aromatic carbocycles. The summed E-state index contributed by atoms with van der Waals surface area (Å²) in [5, 5.41) is 3.92. The number of nitrogens with one attached hydrogen (secondary N) is 1. The van der Waals surface area contributed by atoms with E-state index in [0.717, 1.165) is 16.7 Å². The van der Waals surface area contributed by atoms with Crippen LogP contribution in [0.5, 0.6) is 0 Å². The van der Waals surface area contributed by atoms with E-state index in [0.29, 0.717) is 22.5 Å². The number of benzene rings is 2. The number of amides is 2. The van der Waals surface area contributed by atoms with Crippen molar-refractivity contribution >= 4 is 35.0 Å². The SMILES string of the molecule is Cc1ccc(CC(=O)N(Cc2ccc(Cl)cc2Cl)C(C)C(=O)NCC(C)C)cc1C.